The van der Waals surface area contributed by atoms with Crippen LogP contribution in [-0.4, -0.2) is 11.4 Å². The Kier molecular flexibility index (Phi) is 14.1. The molecule has 0 aliphatic heterocycles. The summed E-state index contributed by atoms with van der Waals surface area (Å²) in [6, 6.07) is 0. The van der Waals surface area contributed by atoms with Crippen molar-refractivity contribution in [1.82, 2.24) is 0 Å². The third kappa shape index (κ3) is 15.5. The molecule has 0 unspecified atom stereocenters. The van der Waals surface area contributed by atoms with E-state index in [1.54, 1.807) is 6.21 Å². The lowest BCUT2D eigenvalue weighted by Crippen LogP contribution is -1.87. The maximum Gasteiger partial charge on any atom is 0.0435 e. The summed E-state index contributed by atoms with van der Waals surface area (Å²) in [4.78, 5) is 0. The molecule has 0 rings (SSSR count). The van der Waals surface area contributed by atoms with Gasteiger partial charge in [0.1, 0.15) is 0 Å². The fourth-order valence-electron chi connectivity index (χ4n) is 2.26. The first kappa shape index (κ1) is 17.5. The number of rotatable bonds is 13. The zero-order valence-electron chi connectivity index (χ0n) is 12.5. The van der Waals surface area contributed by atoms with E-state index in [4.69, 9.17) is 5.21 Å². The van der Waals surface area contributed by atoms with Gasteiger partial charge in [0.05, 0.1) is 0 Å². The van der Waals surface area contributed by atoms with Gasteiger partial charge < -0.3 is 5.21 Å². The van der Waals surface area contributed by atoms with Crippen molar-refractivity contribution in [3.63, 3.8) is 0 Å². The average molecular weight is 255 g/mol. The van der Waals surface area contributed by atoms with Crippen LogP contribution in [0.4, 0.5) is 0 Å². The van der Waals surface area contributed by atoms with Gasteiger partial charge in [-0.3, -0.25) is 0 Å². The van der Waals surface area contributed by atoms with Crippen molar-refractivity contribution in [3.8, 4) is 0 Å². The first-order chi connectivity index (χ1) is 8.77. The van der Waals surface area contributed by atoms with Gasteiger partial charge >= 0.3 is 0 Å². The minimum Gasteiger partial charge on any atom is -0.411 e. The van der Waals surface area contributed by atoms with Crippen LogP contribution in [0.25, 0.3) is 0 Å². The van der Waals surface area contributed by atoms with Gasteiger partial charge in [-0.25, -0.2) is 0 Å². The quantitative estimate of drug-likeness (QED) is 0.192. The van der Waals surface area contributed by atoms with Crippen molar-refractivity contribution in [2.45, 2.75) is 90.9 Å². The highest BCUT2D eigenvalue weighted by atomic mass is 16.4. The van der Waals surface area contributed by atoms with Gasteiger partial charge in [0.25, 0.3) is 0 Å². The van der Waals surface area contributed by atoms with Crippen LogP contribution >= 0.6 is 0 Å². The summed E-state index contributed by atoms with van der Waals surface area (Å²) in [6.45, 7) is 4.62. The fraction of sp³-hybridized carbons (Fsp3) is 0.938. The van der Waals surface area contributed by atoms with E-state index < -0.39 is 0 Å². The molecular weight excluding hydrogens is 222 g/mol. The van der Waals surface area contributed by atoms with E-state index in [2.05, 4.69) is 19.0 Å². The first-order valence-electron chi connectivity index (χ1n) is 7.93. The Labute approximate surface area is 114 Å². The number of hydrogen-bond acceptors (Lipinski definition) is 2. The second-order valence-electron chi connectivity index (χ2n) is 5.80. The standard InChI is InChI=1S/C16H33NO/c1-16(2)14-12-10-8-6-4-3-5-7-9-11-13-15-17-18/h15-16,18H,3-14H2,1-2H3. The van der Waals surface area contributed by atoms with Gasteiger partial charge in [-0.15, -0.1) is 5.16 Å². The predicted molar refractivity (Wildman–Crippen MR) is 80.5 cm³/mol. The molecule has 0 aliphatic rings. The lowest BCUT2D eigenvalue weighted by molar-refractivity contribution is 0.320. The van der Waals surface area contributed by atoms with E-state index in [1.807, 2.05) is 0 Å². The topological polar surface area (TPSA) is 32.6 Å². The van der Waals surface area contributed by atoms with Crippen molar-refractivity contribution < 1.29 is 5.21 Å². The predicted octanol–water partition coefficient (Wildman–Crippen LogP) is 5.78. The summed E-state index contributed by atoms with van der Waals surface area (Å²) in [7, 11) is 0. The van der Waals surface area contributed by atoms with E-state index >= 15 is 0 Å². The van der Waals surface area contributed by atoms with Crippen LogP contribution < -0.4 is 0 Å². The number of unbranched alkanes of at least 4 members (excludes halogenated alkanes) is 10. The molecule has 0 saturated heterocycles. The monoisotopic (exact) mass is 255 g/mol. The van der Waals surface area contributed by atoms with Gasteiger partial charge in [0, 0.05) is 6.21 Å². The van der Waals surface area contributed by atoms with Crippen LogP contribution in [0.5, 0.6) is 0 Å². The molecule has 0 heterocycles. The van der Waals surface area contributed by atoms with E-state index in [0.717, 1.165) is 12.3 Å². The van der Waals surface area contributed by atoms with E-state index in [1.165, 1.54) is 70.6 Å². The Morgan fingerprint density at radius 3 is 1.67 bits per heavy atom. The summed E-state index contributed by atoms with van der Waals surface area (Å²) >= 11 is 0. The zero-order valence-corrected chi connectivity index (χ0v) is 12.5. The lowest BCUT2D eigenvalue weighted by Gasteiger charge is -2.04. The van der Waals surface area contributed by atoms with Crippen molar-refractivity contribution in [2.75, 3.05) is 0 Å². The third-order valence-electron chi connectivity index (χ3n) is 3.45. The molecule has 1 N–H and O–H groups in total. The summed E-state index contributed by atoms with van der Waals surface area (Å²) < 4.78 is 0. The van der Waals surface area contributed by atoms with Gasteiger partial charge in [-0.05, 0) is 18.8 Å². The molecule has 0 radical (unpaired) electrons. The van der Waals surface area contributed by atoms with Crippen molar-refractivity contribution >= 4 is 6.21 Å². The first-order valence-corrected chi connectivity index (χ1v) is 7.93. The fourth-order valence-corrected chi connectivity index (χ4v) is 2.26. The van der Waals surface area contributed by atoms with Crippen LogP contribution in [0, 0.1) is 5.92 Å². The molecule has 0 aliphatic carbocycles. The molecule has 2 nitrogen and oxygen atoms in total. The second kappa shape index (κ2) is 14.5. The number of oxime groups is 1. The largest absolute Gasteiger partial charge is 0.411 e. The van der Waals surface area contributed by atoms with Crippen molar-refractivity contribution in [1.29, 1.82) is 0 Å². The molecular formula is C16H33NO. The molecule has 0 aromatic carbocycles. The van der Waals surface area contributed by atoms with Crippen LogP contribution in [0.2, 0.25) is 0 Å². The van der Waals surface area contributed by atoms with E-state index in [-0.39, 0.29) is 0 Å². The molecule has 108 valence electrons. The van der Waals surface area contributed by atoms with Gasteiger partial charge in [-0.2, -0.15) is 0 Å². The molecule has 2 heteroatoms. The molecule has 0 aromatic heterocycles. The van der Waals surface area contributed by atoms with Crippen LogP contribution in [-0.2, 0) is 0 Å². The molecule has 0 aromatic rings. The van der Waals surface area contributed by atoms with E-state index in [9.17, 15) is 0 Å². The van der Waals surface area contributed by atoms with Crippen molar-refractivity contribution in [2.24, 2.45) is 11.1 Å². The Hall–Kier alpha value is -0.530. The number of hydrogen-bond donors (Lipinski definition) is 1. The van der Waals surface area contributed by atoms with Crippen LogP contribution in [0.15, 0.2) is 5.16 Å². The minimum atomic E-state index is 0.876. The van der Waals surface area contributed by atoms with E-state index in [0.29, 0.717) is 0 Å². The van der Waals surface area contributed by atoms with Crippen molar-refractivity contribution in [3.05, 3.63) is 0 Å². The smallest absolute Gasteiger partial charge is 0.0435 e. The SMILES string of the molecule is CC(C)CCCCCCCCCCCCC=NO. The highest BCUT2D eigenvalue weighted by molar-refractivity contribution is 5.55. The average Bonchev–Trinajstić information content (AvgIpc) is 2.34. The summed E-state index contributed by atoms with van der Waals surface area (Å²) in [5.41, 5.74) is 0. The summed E-state index contributed by atoms with van der Waals surface area (Å²) in [5.74, 6) is 0.876. The highest BCUT2D eigenvalue weighted by Gasteiger charge is 1.95. The third-order valence-corrected chi connectivity index (χ3v) is 3.45. The molecule has 0 amide bonds. The number of nitrogens with zero attached hydrogens (tertiary/aromatic N) is 1. The Balaban J connectivity index is 2.94. The second-order valence-corrected chi connectivity index (χ2v) is 5.80. The zero-order chi connectivity index (χ0) is 13.5. The van der Waals surface area contributed by atoms with Gasteiger partial charge in [0.15, 0.2) is 0 Å². The lowest BCUT2D eigenvalue weighted by atomic mass is 10.0. The van der Waals surface area contributed by atoms with Crippen LogP contribution in [0.3, 0.4) is 0 Å². The molecule has 0 bridgehead atoms. The Morgan fingerprint density at radius 1 is 0.778 bits per heavy atom. The minimum absolute atomic E-state index is 0.876. The van der Waals surface area contributed by atoms with Gasteiger partial charge in [-0.1, -0.05) is 78.1 Å². The Morgan fingerprint density at radius 2 is 1.22 bits per heavy atom. The van der Waals surface area contributed by atoms with Crippen LogP contribution in [0.1, 0.15) is 90.9 Å². The highest BCUT2D eigenvalue weighted by Crippen LogP contribution is 2.13. The molecule has 0 saturated carbocycles. The summed E-state index contributed by atoms with van der Waals surface area (Å²) in [5, 5.41) is 11.2. The maximum atomic E-state index is 8.23. The normalized spacial score (nSPS) is 11.7. The van der Waals surface area contributed by atoms with Gasteiger partial charge in [0.2, 0.25) is 0 Å². The molecule has 0 atom stereocenters. The molecule has 0 spiro atoms. The summed E-state index contributed by atoms with van der Waals surface area (Å²) in [6.07, 6.45) is 17.6. The molecule has 18 heavy (non-hydrogen) atoms. The molecule has 0 fully saturated rings. The maximum absolute atomic E-state index is 8.23. The Bertz CT molecular complexity index is 178.